The van der Waals surface area contributed by atoms with Crippen LogP contribution in [0.2, 0.25) is 0 Å². The number of aryl methyl sites for hydroxylation is 1. The Bertz CT molecular complexity index is 325. The molecule has 0 aromatic carbocycles. The van der Waals surface area contributed by atoms with Crippen LogP contribution in [0.15, 0.2) is 0 Å². The van der Waals surface area contributed by atoms with E-state index in [-0.39, 0.29) is 5.60 Å². The molecule has 1 N–H and O–H groups in total. The lowest BCUT2D eigenvalue weighted by molar-refractivity contribution is 0.00844. The second-order valence-electron chi connectivity index (χ2n) is 4.66. The molecule has 5 heteroatoms. The Morgan fingerprint density at radius 1 is 1.44 bits per heavy atom. The molecule has 16 heavy (non-hydrogen) atoms. The number of aromatic nitrogens is 2. The zero-order chi connectivity index (χ0) is 12.2. The van der Waals surface area contributed by atoms with Gasteiger partial charge < -0.3 is 10.1 Å². The standard InChI is InChI=1S/C11H21N3OS/c1-8(6-11(3,4)15-5)12-7-10-14-13-9(2)16-10/h8,12H,6-7H2,1-5H3. The summed E-state index contributed by atoms with van der Waals surface area (Å²) in [6.07, 6.45) is 0.973. The molecule has 1 unspecified atom stereocenters. The van der Waals surface area contributed by atoms with Crippen LogP contribution >= 0.6 is 11.3 Å². The monoisotopic (exact) mass is 243 g/mol. The van der Waals surface area contributed by atoms with E-state index < -0.39 is 0 Å². The zero-order valence-electron chi connectivity index (χ0n) is 10.7. The van der Waals surface area contributed by atoms with Crippen LogP contribution in [0.1, 0.15) is 37.2 Å². The van der Waals surface area contributed by atoms with Crippen molar-refractivity contribution in [3.8, 4) is 0 Å². The number of ether oxygens (including phenoxy) is 1. The lowest BCUT2D eigenvalue weighted by atomic mass is 10.00. The van der Waals surface area contributed by atoms with Gasteiger partial charge in [0.05, 0.1) is 5.60 Å². The summed E-state index contributed by atoms with van der Waals surface area (Å²) in [6.45, 7) is 9.11. The Labute approximate surface area is 101 Å². The molecular formula is C11H21N3OS. The highest BCUT2D eigenvalue weighted by atomic mass is 32.1. The van der Waals surface area contributed by atoms with E-state index in [1.165, 1.54) is 0 Å². The third-order valence-corrected chi connectivity index (χ3v) is 3.36. The minimum absolute atomic E-state index is 0.0799. The van der Waals surface area contributed by atoms with Gasteiger partial charge in [-0.3, -0.25) is 0 Å². The van der Waals surface area contributed by atoms with Gasteiger partial charge in [-0.15, -0.1) is 21.5 Å². The molecule has 1 atom stereocenters. The first-order valence-electron chi connectivity index (χ1n) is 5.50. The van der Waals surface area contributed by atoms with Crippen molar-refractivity contribution in [2.45, 2.75) is 52.3 Å². The highest BCUT2D eigenvalue weighted by Crippen LogP contribution is 2.16. The number of nitrogens with zero attached hydrogens (tertiary/aromatic N) is 2. The van der Waals surface area contributed by atoms with Crippen LogP contribution in [0.4, 0.5) is 0 Å². The quantitative estimate of drug-likeness (QED) is 0.831. The van der Waals surface area contributed by atoms with Gasteiger partial charge in [-0.1, -0.05) is 0 Å². The summed E-state index contributed by atoms with van der Waals surface area (Å²) in [6, 6.07) is 0.402. The van der Waals surface area contributed by atoms with E-state index in [0.29, 0.717) is 6.04 Å². The predicted octanol–water partition coefficient (Wildman–Crippen LogP) is 2.14. The van der Waals surface area contributed by atoms with Crippen LogP contribution in [0.3, 0.4) is 0 Å². The molecule has 0 aliphatic carbocycles. The highest BCUT2D eigenvalue weighted by molar-refractivity contribution is 7.11. The van der Waals surface area contributed by atoms with E-state index in [1.807, 2.05) is 6.92 Å². The average molecular weight is 243 g/mol. The van der Waals surface area contributed by atoms with Crippen LogP contribution in [-0.4, -0.2) is 29.0 Å². The number of hydrogen-bond acceptors (Lipinski definition) is 5. The maximum absolute atomic E-state index is 5.40. The van der Waals surface area contributed by atoms with Gasteiger partial charge in [-0.05, 0) is 34.1 Å². The van der Waals surface area contributed by atoms with Crippen molar-refractivity contribution in [2.75, 3.05) is 7.11 Å². The van der Waals surface area contributed by atoms with E-state index >= 15 is 0 Å². The van der Waals surface area contributed by atoms with E-state index in [4.69, 9.17) is 4.74 Å². The van der Waals surface area contributed by atoms with E-state index in [9.17, 15) is 0 Å². The maximum atomic E-state index is 5.40. The van der Waals surface area contributed by atoms with Gasteiger partial charge in [0.15, 0.2) is 0 Å². The van der Waals surface area contributed by atoms with Crippen molar-refractivity contribution in [3.63, 3.8) is 0 Å². The second kappa shape index (κ2) is 5.70. The molecular weight excluding hydrogens is 222 g/mol. The molecule has 1 heterocycles. The molecule has 1 aromatic heterocycles. The normalized spacial score (nSPS) is 14.1. The first kappa shape index (κ1) is 13.5. The smallest absolute Gasteiger partial charge is 0.131 e. The minimum Gasteiger partial charge on any atom is -0.379 e. The van der Waals surface area contributed by atoms with Gasteiger partial charge in [-0.25, -0.2) is 0 Å². The SMILES string of the molecule is COC(C)(C)CC(C)NCc1nnc(C)s1. The molecule has 0 fully saturated rings. The van der Waals surface area contributed by atoms with Crippen LogP contribution in [0, 0.1) is 6.92 Å². The number of rotatable bonds is 6. The number of hydrogen-bond donors (Lipinski definition) is 1. The molecule has 0 saturated heterocycles. The predicted molar refractivity (Wildman–Crippen MR) is 66.7 cm³/mol. The van der Waals surface area contributed by atoms with Crippen molar-refractivity contribution < 1.29 is 4.74 Å². The molecule has 1 aromatic rings. The second-order valence-corrected chi connectivity index (χ2v) is 5.93. The molecule has 4 nitrogen and oxygen atoms in total. The Balaban J connectivity index is 2.33. The molecule has 0 spiro atoms. The van der Waals surface area contributed by atoms with Crippen LogP contribution in [0.5, 0.6) is 0 Å². The largest absolute Gasteiger partial charge is 0.379 e. The Kier molecular flexibility index (Phi) is 4.83. The first-order chi connectivity index (χ1) is 7.43. The van der Waals surface area contributed by atoms with Crippen LogP contribution in [0.25, 0.3) is 0 Å². The third-order valence-electron chi connectivity index (χ3n) is 2.52. The van der Waals surface area contributed by atoms with Crippen LogP contribution < -0.4 is 5.32 Å². The fraction of sp³-hybridized carbons (Fsp3) is 0.818. The molecule has 0 radical (unpaired) electrons. The topological polar surface area (TPSA) is 47.0 Å². The lowest BCUT2D eigenvalue weighted by Crippen LogP contribution is -2.35. The van der Waals surface area contributed by atoms with Gasteiger partial charge in [0.1, 0.15) is 10.0 Å². The van der Waals surface area contributed by atoms with Crippen LogP contribution in [-0.2, 0) is 11.3 Å². The minimum atomic E-state index is -0.0799. The molecule has 0 aliphatic heterocycles. The maximum Gasteiger partial charge on any atom is 0.131 e. The van der Waals surface area contributed by atoms with Crippen molar-refractivity contribution in [2.24, 2.45) is 0 Å². The van der Waals surface area contributed by atoms with E-state index in [1.54, 1.807) is 18.4 Å². The van der Waals surface area contributed by atoms with Crippen molar-refractivity contribution in [1.82, 2.24) is 15.5 Å². The summed E-state index contributed by atoms with van der Waals surface area (Å²) < 4.78 is 5.40. The Morgan fingerprint density at radius 3 is 2.62 bits per heavy atom. The Morgan fingerprint density at radius 2 is 2.12 bits per heavy atom. The summed E-state index contributed by atoms with van der Waals surface area (Å²) in [5.41, 5.74) is -0.0799. The zero-order valence-corrected chi connectivity index (χ0v) is 11.5. The molecule has 0 saturated carbocycles. The molecule has 0 amide bonds. The van der Waals surface area contributed by atoms with Gasteiger partial charge in [-0.2, -0.15) is 0 Å². The average Bonchev–Trinajstić information content (AvgIpc) is 2.61. The van der Waals surface area contributed by atoms with E-state index in [0.717, 1.165) is 23.0 Å². The van der Waals surface area contributed by atoms with Gasteiger partial charge >= 0.3 is 0 Å². The van der Waals surface area contributed by atoms with Crippen molar-refractivity contribution in [3.05, 3.63) is 10.0 Å². The summed E-state index contributed by atoms with van der Waals surface area (Å²) in [5.74, 6) is 0. The highest BCUT2D eigenvalue weighted by Gasteiger charge is 2.19. The van der Waals surface area contributed by atoms with Crippen molar-refractivity contribution >= 4 is 11.3 Å². The lowest BCUT2D eigenvalue weighted by Gasteiger charge is -2.26. The summed E-state index contributed by atoms with van der Waals surface area (Å²) >= 11 is 1.64. The fourth-order valence-electron chi connectivity index (χ4n) is 1.56. The Hall–Kier alpha value is -0.520. The molecule has 92 valence electrons. The first-order valence-corrected chi connectivity index (χ1v) is 6.32. The fourth-order valence-corrected chi connectivity index (χ4v) is 2.22. The van der Waals surface area contributed by atoms with E-state index in [2.05, 4.69) is 36.3 Å². The third kappa shape index (κ3) is 4.55. The van der Waals surface area contributed by atoms with Gasteiger partial charge in [0, 0.05) is 19.7 Å². The van der Waals surface area contributed by atoms with Crippen molar-refractivity contribution in [1.29, 1.82) is 0 Å². The number of nitrogens with one attached hydrogen (secondary N) is 1. The molecule has 1 rings (SSSR count). The summed E-state index contributed by atoms with van der Waals surface area (Å²) in [7, 11) is 1.75. The number of methoxy groups -OCH3 is 1. The van der Waals surface area contributed by atoms with Gasteiger partial charge in [0.25, 0.3) is 0 Å². The summed E-state index contributed by atoms with van der Waals surface area (Å²) in [5, 5.41) is 13.6. The molecule has 0 aliphatic rings. The molecule has 0 bridgehead atoms. The van der Waals surface area contributed by atoms with Gasteiger partial charge in [0.2, 0.25) is 0 Å². The summed E-state index contributed by atoms with van der Waals surface area (Å²) in [4.78, 5) is 0.